The molecule has 0 spiro atoms. The Morgan fingerprint density at radius 1 is 1.14 bits per heavy atom. The molecule has 28 heavy (non-hydrogen) atoms. The van der Waals surface area contributed by atoms with Crippen LogP contribution < -0.4 is 5.32 Å². The Labute approximate surface area is 168 Å². The molecule has 0 saturated carbocycles. The maximum absolute atomic E-state index is 12.5. The van der Waals surface area contributed by atoms with E-state index < -0.39 is 15.9 Å². The van der Waals surface area contributed by atoms with Gasteiger partial charge in [-0.2, -0.15) is 4.31 Å². The van der Waals surface area contributed by atoms with Gasteiger partial charge in [0.25, 0.3) is 5.91 Å². The first-order valence-electron chi connectivity index (χ1n) is 8.83. The van der Waals surface area contributed by atoms with Crippen LogP contribution in [0, 0.1) is 0 Å². The first-order valence-corrected chi connectivity index (χ1v) is 11.1. The van der Waals surface area contributed by atoms with E-state index in [4.69, 9.17) is 4.74 Å². The van der Waals surface area contributed by atoms with Crippen LogP contribution in [0.5, 0.6) is 0 Å². The molecule has 2 aromatic rings. The second-order valence-electron chi connectivity index (χ2n) is 5.69. The summed E-state index contributed by atoms with van der Waals surface area (Å²) in [7, 11) is -3.57. The Morgan fingerprint density at radius 2 is 1.79 bits per heavy atom. The standard InChI is InChI=1S/C18H23N3O5S2/c1-4-21(5-2)28(24,25)15-9-7-13(8-10-15)17(23)20-18-19-14(12-27-18)11-16(22)26-6-3/h7-10,12H,4-6,11H2,1-3H3,(H,19,20,23). The molecule has 1 aromatic heterocycles. The van der Waals surface area contributed by atoms with Gasteiger partial charge in [0.1, 0.15) is 0 Å². The summed E-state index contributed by atoms with van der Waals surface area (Å²) in [6, 6.07) is 5.74. The van der Waals surface area contributed by atoms with Crippen molar-refractivity contribution in [2.45, 2.75) is 32.1 Å². The molecule has 8 nitrogen and oxygen atoms in total. The molecular weight excluding hydrogens is 402 g/mol. The van der Waals surface area contributed by atoms with Gasteiger partial charge in [0, 0.05) is 24.0 Å². The predicted octanol–water partition coefficient (Wildman–Crippen LogP) is 2.53. The third kappa shape index (κ3) is 5.37. The molecule has 1 N–H and O–H groups in total. The van der Waals surface area contributed by atoms with Gasteiger partial charge < -0.3 is 4.74 Å². The van der Waals surface area contributed by atoms with Crippen molar-refractivity contribution in [3.05, 3.63) is 40.9 Å². The second-order valence-corrected chi connectivity index (χ2v) is 8.49. The van der Waals surface area contributed by atoms with Crippen LogP contribution in [0.2, 0.25) is 0 Å². The van der Waals surface area contributed by atoms with Crippen molar-refractivity contribution in [3.8, 4) is 0 Å². The number of hydrogen-bond acceptors (Lipinski definition) is 7. The molecule has 0 aliphatic carbocycles. The molecule has 0 aliphatic rings. The fourth-order valence-electron chi connectivity index (χ4n) is 2.47. The van der Waals surface area contributed by atoms with Gasteiger partial charge in [-0.15, -0.1) is 11.3 Å². The summed E-state index contributed by atoms with van der Waals surface area (Å²) < 4.78 is 31.2. The highest BCUT2D eigenvalue weighted by Crippen LogP contribution is 2.19. The van der Waals surface area contributed by atoms with Crippen LogP contribution in [0.3, 0.4) is 0 Å². The zero-order valence-electron chi connectivity index (χ0n) is 16.0. The number of nitrogens with zero attached hydrogens (tertiary/aromatic N) is 2. The lowest BCUT2D eigenvalue weighted by Gasteiger charge is -2.18. The van der Waals surface area contributed by atoms with Crippen molar-refractivity contribution in [3.63, 3.8) is 0 Å². The summed E-state index contributed by atoms with van der Waals surface area (Å²) in [5, 5.41) is 4.67. The van der Waals surface area contributed by atoms with Crippen LogP contribution in [-0.4, -0.2) is 49.3 Å². The molecule has 1 heterocycles. The number of thiazole rings is 1. The van der Waals surface area contributed by atoms with E-state index in [9.17, 15) is 18.0 Å². The molecule has 0 bridgehead atoms. The van der Waals surface area contributed by atoms with Crippen molar-refractivity contribution in [1.82, 2.24) is 9.29 Å². The Bertz CT molecular complexity index is 919. The highest BCUT2D eigenvalue weighted by Gasteiger charge is 2.21. The topological polar surface area (TPSA) is 106 Å². The maximum atomic E-state index is 12.5. The minimum absolute atomic E-state index is 0.0398. The number of benzene rings is 1. The minimum Gasteiger partial charge on any atom is -0.466 e. The fraction of sp³-hybridized carbons (Fsp3) is 0.389. The van der Waals surface area contributed by atoms with E-state index in [2.05, 4.69) is 10.3 Å². The smallest absolute Gasteiger partial charge is 0.311 e. The number of ether oxygens (including phenoxy) is 1. The van der Waals surface area contributed by atoms with Gasteiger partial charge in [0.05, 0.1) is 23.6 Å². The summed E-state index contributed by atoms with van der Waals surface area (Å²) >= 11 is 1.20. The molecular formula is C18H23N3O5S2. The van der Waals surface area contributed by atoms with Crippen LogP contribution in [0.4, 0.5) is 5.13 Å². The average Bonchev–Trinajstić information content (AvgIpc) is 3.09. The van der Waals surface area contributed by atoms with Crippen LogP contribution in [-0.2, 0) is 26.0 Å². The highest BCUT2D eigenvalue weighted by molar-refractivity contribution is 7.89. The van der Waals surface area contributed by atoms with Crippen LogP contribution >= 0.6 is 11.3 Å². The molecule has 0 unspecified atom stereocenters. The van der Waals surface area contributed by atoms with Crippen molar-refractivity contribution >= 4 is 38.4 Å². The number of esters is 1. The van der Waals surface area contributed by atoms with Gasteiger partial charge in [-0.05, 0) is 31.2 Å². The van der Waals surface area contributed by atoms with Crippen LogP contribution in [0.1, 0.15) is 36.8 Å². The van der Waals surface area contributed by atoms with E-state index in [-0.39, 0.29) is 17.3 Å². The molecule has 0 fully saturated rings. The summed E-state index contributed by atoms with van der Waals surface area (Å²) in [5.41, 5.74) is 0.819. The molecule has 1 aromatic carbocycles. The summed E-state index contributed by atoms with van der Waals surface area (Å²) in [5.74, 6) is -0.792. The zero-order valence-corrected chi connectivity index (χ0v) is 17.6. The summed E-state index contributed by atoms with van der Waals surface area (Å²) in [6.07, 6.45) is 0.0398. The largest absolute Gasteiger partial charge is 0.466 e. The lowest BCUT2D eigenvalue weighted by Crippen LogP contribution is -2.30. The molecule has 10 heteroatoms. The number of anilines is 1. The van der Waals surface area contributed by atoms with Crippen LogP contribution in [0.25, 0.3) is 0 Å². The fourth-order valence-corrected chi connectivity index (χ4v) is 4.63. The minimum atomic E-state index is -3.57. The van der Waals surface area contributed by atoms with Gasteiger partial charge in [-0.1, -0.05) is 13.8 Å². The van der Waals surface area contributed by atoms with Gasteiger partial charge >= 0.3 is 5.97 Å². The molecule has 0 saturated heterocycles. The first-order chi connectivity index (χ1) is 13.3. The molecule has 152 valence electrons. The van der Waals surface area contributed by atoms with E-state index in [0.29, 0.717) is 36.1 Å². The van der Waals surface area contributed by atoms with Gasteiger partial charge in [-0.25, -0.2) is 13.4 Å². The number of rotatable bonds is 9. The molecule has 2 rings (SSSR count). The Balaban J connectivity index is 2.06. The highest BCUT2D eigenvalue weighted by atomic mass is 32.2. The second kappa shape index (κ2) is 9.76. The number of carbonyl (C=O) groups is 2. The molecule has 0 radical (unpaired) electrons. The Morgan fingerprint density at radius 3 is 2.36 bits per heavy atom. The van der Waals surface area contributed by atoms with Crippen molar-refractivity contribution in [2.24, 2.45) is 0 Å². The zero-order chi connectivity index (χ0) is 20.7. The van der Waals surface area contributed by atoms with E-state index in [1.54, 1.807) is 26.2 Å². The van der Waals surface area contributed by atoms with Gasteiger partial charge in [0.2, 0.25) is 10.0 Å². The molecule has 0 atom stereocenters. The number of carbonyl (C=O) groups excluding carboxylic acids is 2. The van der Waals surface area contributed by atoms with Crippen molar-refractivity contribution < 1.29 is 22.7 Å². The average molecular weight is 426 g/mol. The van der Waals surface area contributed by atoms with E-state index >= 15 is 0 Å². The molecule has 1 amide bonds. The number of aromatic nitrogens is 1. The quantitative estimate of drug-likeness (QED) is 0.619. The lowest BCUT2D eigenvalue weighted by molar-refractivity contribution is -0.142. The monoisotopic (exact) mass is 425 g/mol. The van der Waals surface area contributed by atoms with E-state index in [1.807, 2.05) is 0 Å². The molecule has 0 aliphatic heterocycles. The number of hydrogen-bond donors (Lipinski definition) is 1. The van der Waals surface area contributed by atoms with E-state index in [1.165, 1.54) is 39.9 Å². The summed E-state index contributed by atoms with van der Waals surface area (Å²) in [6.45, 7) is 6.31. The third-order valence-corrected chi connectivity index (χ3v) is 6.73. The van der Waals surface area contributed by atoms with E-state index in [0.717, 1.165) is 0 Å². The van der Waals surface area contributed by atoms with Crippen molar-refractivity contribution in [1.29, 1.82) is 0 Å². The maximum Gasteiger partial charge on any atom is 0.311 e. The number of sulfonamides is 1. The Kier molecular flexibility index (Phi) is 7.67. The number of amides is 1. The Hall–Kier alpha value is -2.30. The predicted molar refractivity (Wildman–Crippen MR) is 107 cm³/mol. The summed E-state index contributed by atoms with van der Waals surface area (Å²) in [4.78, 5) is 28.2. The third-order valence-electron chi connectivity index (χ3n) is 3.86. The lowest BCUT2D eigenvalue weighted by atomic mass is 10.2. The SMILES string of the molecule is CCOC(=O)Cc1csc(NC(=O)c2ccc(S(=O)(=O)N(CC)CC)cc2)n1. The number of nitrogens with one attached hydrogen (secondary N) is 1. The van der Waals surface area contributed by atoms with Gasteiger partial charge in [-0.3, -0.25) is 14.9 Å². The van der Waals surface area contributed by atoms with Crippen LogP contribution in [0.15, 0.2) is 34.5 Å². The van der Waals surface area contributed by atoms with Gasteiger partial charge in [0.15, 0.2) is 5.13 Å². The first kappa shape index (κ1) is 22.0. The normalized spacial score (nSPS) is 11.4. The van der Waals surface area contributed by atoms with Crippen molar-refractivity contribution in [2.75, 3.05) is 25.0 Å².